The summed E-state index contributed by atoms with van der Waals surface area (Å²) in [6, 6.07) is 2.15. The SMILES string of the molecule is CC12CCC(O1)C1C(=O)N(c3ccc([N+](=O)[O-])c(C(F)(F)F)c3)C(=O)C12. The number of hydrogen-bond acceptors (Lipinski definition) is 5. The first-order chi connectivity index (χ1) is 12.0. The van der Waals surface area contributed by atoms with Crippen LogP contribution in [0.1, 0.15) is 25.3 Å². The van der Waals surface area contributed by atoms with Crippen molar-refractivity contribution in [2.75, 3.05) is 4.90 Å². The fourth-order valence-electron chi connectivity index (χ4n) is 4.39. The summed E-state index contributed by atoms with van der Waals surface area (Å²) in [6.45, 7) is 1.73. The van der Waals surface area contributed by atoms with E-state index in [1.54, 1.807) is 6.92 Å². The third-order valence-corrected chi connectivity index (χ3v) is 5.50. The highest BCUT2D eigenvalue weighted by molar-refractivity contribution is 6.23. The molecule has 138 valence electrons. The van der Waals surface area contributed by atoms with E-state index in [0.717, 1.165) is 6.07 Å². The number of fused-ring (bicyclic) bond motifs is 5. The topological polar surface area (TPSA) is 89.8 Å². The third-order valence-electron chi connectivity index (χ3n) is 5.50. The van der Waals surface area contributed by atoms with Gasteiger partial charge in [0.15, 0.2) is 0 Å². The molecule has 3 aliphatic heterocycles. The Morgan fingerprint density at radius 1 is 1.31 bits per heavy atom. The number of alkyl halides is 3. The number of amides is 2. The highest BCUT2D eigenvalue weighted by Crippen LogP contribution is 2.55. The van der Waals surface area contributed by atoms with Gasteiger partial charge in [-0.05, 0) is 31.9 Å². The van der Waals surface area contributed by atoms with E-state index in [1.165, 1.54) is 0 Å². The molecule has 0 radical (unpaired) electrons. The highest BCUT2D eigenvalue weighted by atomic mass is 19.4. The van der Waals surface area contributed by atoms with Gasteiger partial charge >= 0.3 is 6.18 Å². The normalized spacial score (nSPS) is 33.1. The first kappa shape index (κ1) is 17.0. The zero-order chi connectivity index (χ0) is 19.0. The largest absolute Gasteiger partial charge is 0.423 e. The Labute approximate surface area is 144 Å². The van der Waals surface area contributed by atoms with Crippen LogP contribution in [0.2, 0.25) is 0 Å². The van der Waals surface area contributed by atoms with Gasteiger partial charge in [-0.1, -0.05) is 0 Å². The van der Waals surface area contributed by atoms with Crippen molar-refractivity contribution in [2.24, 2.45) is 11.8 Å². The van der Waals surface area contributed by atoms with Crippen LogP contribution < -0.4 is 4.90 Å². The summed E-state index contributed by atoms with van der Waals surface area (Å²) < 4.78 is 45.3. The van der Waals surface area contributed by atoms with Crippen molar-refractivity contribution in [3.63, 3.8) is 0 Å². The molecule has 4 atom stereocenters. The molecule has 2 bridgehead atoms. The number of imide groups is 1. The quantitative estimate of drug-likeness (QED) is 0.454. The smallest absolute Gasteiger partial charge is 0.370 e. The number of benzene rings is 1. The van der Waals surface area contributed by atoms with Crippen molar-refractivity contribution < 1.29 is 32.4 Å². The molecule has 2 amide bonds. The van der Waals surface area contributed by atoms with Gasteiger partial charge < -0.3 is 4.74 Å². The summed E-state index contributed by atoms with van der Waals surface area (Å²) in [5, 5.41) is 10.9. The molecule has 1 aromatic rings. The minimum Gasteiger partial charge on any atom is -0.370 e. The number of nitro groups is 1. The molecule has 3 heterocycles. The number of carbonyl (C=O) groups is 2. The average molecular weight is 370 g/mol. The fourth-order valence-corrected chi connectivity index (χ4v) is 4.39. The number of ether oxygens (including phenoxy) is 1. The number of hydrogen-bond donors (Lipinski definition) is 0. The van der Waals surface area contributed by atoms with E-state index in [9.17, 15) is 32.9 Å². The number of nitro benzene ring substituents is 1. The molecule has 7 nitrogen and oxygen atoms in total. The van der Waals surface area contributed by atoms with E-state index in [-0.39, 0.29) is 5.69 Å². The van der Waals surface area contributed by atoms with Crippen LogP contribution >= 0.6 is 0 Å². The Hall–Kier alpha value is -2.49. The standard InChI is InChI=1S/C16H13F3N2O5/c1-15-5-4-10(26-15)11-12(15)14(23)20(13(11)22)7-2-3-9(21(24)25)8(6-7)16(17,18)19/h2-3,6,10-12H,4-5H2,1H3. The van der Waals surface area contributed by atoms with Gasteiger partial charge in [-0.15, -0.1) is 0 Å². The summed E-state index contributed by atoms with van der Waals surface area (Å²) in [6.07, 6.45) is -4.21. The lowest BCUT2D eigenvalue weighted by molar-refractivity contribution is -0.388. The minimum atomic E-state index is -4.99. The van der Waals surface area contributed by atoms with E-state index in [4.69, 9.17) is 4.74 Å². The van der Waals surface area contributed by atoms with Crippen molar-refractivity contribution in [3.05, 3.63) is 33.9 Å². The molecule has 3 saturated heterocycles. The second-order valence-corrected chi connectivity index (χ2v) is 6.98. The molecular weight excluding hydrogens is 357 g/mol. The van der Waals surface area contributed by atoms with E-state index in [2.05, 4.69) is 0 Å². The lowest BCUT2D eigenvalue weighted by Crippen LogP contribution is -2.39. The van der Waals surface area contributed by atoms with Gasteiger partial charge in [0.1, 0.15) is 5.56 Å². The number of nitrogens with zero attached hydrogens (tertiary/aromatic N) is 2. The Kier molecular flexibility index (Phi) is 3.28. The van der Waals surface area contributed by atoms with E-state index < -0.39 is 57.7 Å². The zero-order valence-corrected chi connectivity index (χ0v) is 13.4. The van der Waals surface area contributed by atoms with Crippen LogP contribution in [0.4, 0.5) is 24.5 Å². The number of rotatable bonds is 2. The molecule has 26 heavy (non-hydrogen) atoms. The Bertz CT molecular complexity index is 855. The van der Waals surface area contributed by atoms with E-state index in [0.29, 0.717) is 29.9 Å². The number of halogens is 3. The maximum absolute atomic E-state index is 13.2. The molecule has 0 N–H and O–H groups in total. The van der Waals surface area contributed by atoms with Gasteiger partial charge in [0.2, 0.25) is 11.8 Å². The molecule has 10 heteroatoms. The van der Waals surface area contributed by atoms with Gasteiger partial charge in [0, 0.05) is 6.07 Å². The maximum atomic E-state index is 13.2. The van der Waals surface area contributed by atoms with Crippen LogP contribution in [0.15, 0.2) is 18.2 Å². The monoisotopic (exact) mass is 370 g/mol. The van der Waals surface area contributed by atoms with Gasteiger partial charge in [-0.25, -0.2) is 4.90 Å². The summed E-state index contributed by atoms with van der Waals surface area (Å²) in [5.41, 5.74) is -3.74. The van der Waals surface area contributed by atoms with Gasteiger partial charge in [-0.2, -0.15) is 13.2 Å². The molecule has 1 aromatic carbocycles. The van der Waals surface area contributed by atoms with Gasteiger partial charge in [0.05, 0.1) is 34.2 Å². The highest BCUT2D eigenvalue weighted by Gasteiger charge is 2.67. The summed E-state index contributed by atoms with van der Waals surface area (Å²) >= 11 is 0. The average Bonchev–Trinajstić information content (AvgIpc) is 3.15. The van der Waals surface area contributed by atoms with Crippen molar-refractivity contribution >= 4 is 23.2 Å². The Morgan fingerprint density at radius 3 is 2.58 bits per heavy atom. The van der Waals surface area contributed by atoms with E-state index in [1.807, 2.05) is 0 Å². The second kappa shape index (κ2) is 5.03. The first-order valence-electron chi connectivity index (χ1n) is 7.96. The Balaban J connectivity index is 1.78. The molecular formula is C16H13F3N2O5. The lowest BCUT2D eigenvalue weighted by atomic mass is 9.74. The minimum absolute atomic E-state index is 0.310. The number of anilines is 1. The molecule has 3 aliphatic rings. The van der Waals surface area contributed by atoms with Crippen LogP contribution in [0, 0.1) is 22.0 Å². The van der Waals surface area contributed by atoms with Crippen LogP contribution in [0.5, 0.6) is 0 Å². The van der Waals surface area contributed by atoms with Crippen molar-refractivity contribution in [1.29, 1.82) is 0 Å². The Morgan fingerprint density at radius 2 is 2.00 bits per heavy atom. The molecule has 0 spiro atoms. The summed E-state index contributed by atoms with van der Waals surface area (Å²) in [7, 11) is 0. The van der Waals surface area contributed by atoms with Crippen LogP contribution in [-0.4, -0.2) is 28.4 Å². The third kappa shape index (κ3) is 2.11. The number of carbonyl (C=O) groups excluding carboxylic acids is 2. The molecule has 0 saturated carbocycles. The summed E-state index contributed by atoms with van der Waals surface area (Å²) in [5.74, 6) is -2.69. The predicted octanol–water partition coefficient (Wildman–Crippen LogP) is 2.67. The molecule has 4 unspecified atom stereocenters. The lowest BCUT2D eigenvalue weighted by Gasteiger charge is -2.26. The first-order valence-corrected chi connectivity index (χ1v) is 7.96. The summed E-state index contributed by atoms with van der Waals surface area (Å²) in [4.78, 5) is 35.9. The predicted molar refractivity (Wildman–Crippen MR) is 80.1 cm³/mol. The fraction of sp³-hybridized carbons (Fsp3) is 0.500. The van der Waals surface area contributed by atoms with Gasteiger partial charge in [0.25, 0.3) is 5.69 Å². The maximum Gasteiger partial charge on any atom is 0.423 e. The molecule has 0 aromatic heterocycles. The van der Waals surface area contributed by atoms with Gasteiger partial charge in [-0.3, -0.25) is 19.7 Å². The molecule has 4 rings (SSSR count). The van der Waals surface area contributed by atoms with Crippen molar-refractivity contribution in [1.82, 2.24) is 0 Å². The van der Waals surface area contributed by atoms with Crippen LogP contribution in [0.25, 0.3) is 0 Å². The van der Waals surface area contributed by atoms with Crippen molar-refractivity contribution in [3.8, 4) is 0 Å². The zero-order valence-electron chi connectivity index (χ0n) is 13.4. The molecule has 0 aliphatic carbocycles. The van der Waals surface area contributed by atoms with Crippen molar-refractivity contribution in [2.45, 2.75) is 37.6 Å². The van der Waals surface area contributed by atoms with E-state index >= 15 is 0 Å². The molecule has 3 fully saturated rings. The van der Waals surface area contributed by atoms with Crippen LogP contribution in [0.3, 0.4) is 0 Å². The second-order valence-electron chi connectivity index (χ2n) is 6.98. The van der Waals surface area contributed by atoms with Crippen LogP contribution in [-0.2, 0) is 20.5 Å².